The molecule has 0 bridgehead atoms. The maximum absolute atomic E-state index is 12.7. The summed E-state index contributed by atoms with van der Waals surface area (Å²) < 4.78 is 26.9. The van der Waals surface area contributed by atoms with Crippen LogP contribution in [0.25, 0.3) is 10.8 Å². The van der Waals surface area contributed by atoms with E-state index >= 15 is 0 Å². The average Bonchev–Trinajstić information content (AvgIpc) is 3.30. The highest BCUT2D eigenvalue weighted by atomic mass is 32.2. The highest BCUT2D eigenvalue weighted by Gasteiger charge is 2.27. The van der Waals surface area contributed by atoms with Gasteiger partial charge in [-0.25, -0.2) is 13.8 Å². The monoisotopic (exact) mass is 407 g/mol. The maximum atomic E-state index is 12.7. The van der Waals surface area contributed by atoms with Crippen LogP contribution in [0.3, 0.4) is 0 Å². The molecule has 0 aliphatic carbocycles. The van der Waals surface area contributed by atoms with E-state index in [0.29, 0.717) is 13.1 Å². The van der Waals surface area contributed by atoms with Crippen molar-refractivity contribution >= 4 is 32.9 Å². The molecule has 1 N–H and O–H groups in total. The minimum atomic E-state index is -3.57. The quantitative estimate of drug-likeness (QED) is 0.520. The topological polar surface area (TPSA) is 78.8 Å². The molecule has 0 unspecified atom stereocenters. The highest BCUT2D eigenvalue weighted by molar-refractivity contribution is 7.89. The number of benzene rings is 3. The molecule has 148 valence electrons. The van der Waals surface area contributed by atoms with Crippen LogP contribution in [0.2, 0.25) is 0 Å². The Bertz CT molecular complexity index is 1180. The SMILES string of the molecule is O=C(N/N=C/c1cccc2ccccc12)c1cccc(S(=O)(=O)N2CCCC2)c1. The number of carbonyl (C=O) groups excluding carboxylic acids is 1. The summed E-state index contributed by atoms with van der Waals surface area (Å²) in [4.78, 5) is 12.6. The Morgan fingerprint density at radius 2 is 1.69 bits per heavy atom. The first-order chi connectivity index (χ1) is 14.1. The number of hydrazone groups is 1. The minimum Gasteiger partial charge on any atom is -0.267 e. The Labute approximate surface area is 169 Å². The Hall–Kier alpha value is -3.03. The van der Waals surface area contributed by atoms with Crippen molar-refractivity contribution in [1.29, 1.82) is 0 Å². The van der Waals surface area contributed by atoms with E-state index in [0.717, 1.165) is 29.2 Å². The van der Waals surface area contributed by atoms with Crippen LogP contribution in [0.15, 0.2) is 76.7 Å². The van der Waals surface area contributed by atoms with Gasteiger partial charge in [-0.05, 0) is 41.8 Å². The zero-order valence-electron chi connectivity index (χ0n) is 15.8. The van der Waals surface area contributed by atoms with Gasteiger partial charge >= 0.3 is 0 Å². The first kappa shape index (κ1) is 19.3. The Morgan fingerprint density at radius 1 is 0.966 bits per heavy atom. The molecular formula is C22H21N3O3S. The van der Waals surface area contributed by atoms with Crippen molar-refractivity contribution in [2.24, 2.45) is 5.10 Å². The van der Waals surface area contributed by atoms with Crippen LogP contribution in [0.5, 0.6) is 0 Å². The maximum Gasteiger partial charge on any atom is 0.271 e. The molecule has 0 spiro atoms. The van der Waals surface area contributed by atoms with E-state index in [4.69, 9.17) is 0 Å². The smallest absolute Gasteiger partial charge is 0.267 e. The predicted octanol–water partition coefficient (Wildman–Crippen LogP) is 3.39. The first-order valence-electron chi connectivity index (χ1n) is 9.47. The van der Waals surface area contributed by atoms with Gasteiger partial charge in [-0.3, -0.25) is 4.79 Å². The molecule has 3 aromatic carbocycles. The number of hydrogen-bond donors (Lipinski definition) is 1. The molecule has 0 saturated carbocycles. The fourth-order valence-corrected chi connectivity index (χ4v) is 5.03. The van der Waals surface area contributed by atoms with Gasteiger partial charge in [-0.2, -0.15) is 9.41 Å². The van der Waals surface area contributed by atoms with Crippen molar-refractivity contribution in [1.82, 2.24) is 9.73 Å². The molecule has 4 rings (SSSR count). The molecule has 29 heavy (non-hydrogen) atoms. The second kappa shape index (κ2) is 8.14. The summed E-state index contributed by atoms with van der Waals surface area (Å²) in [5.41, 5.74) is 3.62. The zero-order valence-corrected chi connectivity index (χ0v) is 16.6. The lowest BCUT2D eigenvalue weighted by molar-refractivity contribution is 0.0955. The summed E-state index contributed by atoms with van der Waals surface area (Å²) in [6, 6.07) is 19.8. The van der Waals surface area contributed by atoms with E-state index < -0.39 is 15.9 Å². The summed E-state index contributed by atoms with van der Waals surface area (Å²) in [7, 11) is -3.57. The molecule has 0 radical (unpaired) electrons. The Balaban J connectivity index is 1.51. The van der Waals surface area contributed by atoms with Crippen LogP contribution in [-0.2, 0) is 10.0 Å². The lowest BCUT2D eigenvalue weighted by atomic mass is 10.1. The van der Waals surface area contributed by atoms with Crippen LogP contribution in [0.4, 0.5) is 0 Å². The molecule has 1 fully saturated rings. The molecular weight excluding hydrogens is 386 g/mol. The van der Waals surface area contributed by atoms with Gasteiger partial charge in [-0.15, -0.1) is 0 Å². The molecule has 1 heterocycles. The van der Waals surface area contributed by atoms with Crippen LogP contribution >= 0.6 is 0 Å². The fourth-order valence-electron chi connectivity index (χ4n) is 3.46. The summed E-state index contributed by atoms with van der Waals surface area (Å²) in [6.07, 6.45) is 3.32. The second-order valence-corrected chi connectivity index (χ2v) is 8.84. The molecule has 0 atom stereocenters. The largest absolute Gasteiger partial charge is 0.271 e. The number of fused-ring (bicyclic) bond motifs is 1. The molecule has 3 aromatic rings. The predicted molar refractivity (Wildman–Crippen MR) is 113 cm³/mol. The van der Waals surface area contributed by atoms with Crippen molar-refractivity contribution in [3.63, 3.8) is 0 Å². The van der Waals surface area contributed by atoms with E-state index in [9.17, 15) is 13.2 Å². The number of hydrogen-bond acceptors (Lipinski definition) is 4. The first-order valence-corrected chi connectivity index (χ1v) is 10.9. The number of amides is 1. The molecule has 1 aliphatic heterocycles. The van der Waals surface area contributed by atoms with Crippen LogP contribution < -0.4 is 5.43 Å². The standard InChI is InChI=1S/C22H21N3O3S/c26-22(24-23-16-19-10-5-8-17-7-1-2-12-21(17)19)18-9-6-11-20(15-18)29(27,28)25-13-3-4-14-25/h1-2,5-12,15-16H,3-4,13-14H2,(H,24,26)/b23-16+. The van der Waals surface area contributed by atoms with Gasteiger partial charge < -0.3 is 0 Å². The van der Waals surface area contributed by atoms with E-state index in [1.807, 2.05) is 42.5 Å². The van der Waals surface area contributed by atoms with Crippen molar-refractivity contribution in [3.05, 3.63) is 77.9 Å². The van der Waals surface area contributed by atoms with Gasteiger partial charge in [0.1, 0.15) is 0 Å². The van der Waals surface area contributed by atoms with E-state index in [1.165, 1.54) is 16.4 Å². The van der Waals surface area contributed by atoms with Gasteiger partial charge in [0.25, 0.3) is 5.91 Å². The van der Waals surface area contributed by atoms with Crippen molar-refractivity contribution in [2.45, 2.75) is 17.7 Å². The Kier molecular flexibility index (Phi) is 5.42. The third kappa shape index (κ3) is 4.06. The molecule has 0 aromatic heterocycles. The third-order valence-corrected chi connectivity index (χ3v) is 6.89. The van der Waals surface area contributed by atoms with Crippen molar-refractivity contribution < 1.29 is 13.2 Å². The molecule has 1 aliphatic rings. The number of carbonyl (C=O) groups is 1. The third-order valence-electron chi connectivity index (χ3n) is 4.99. The molecule has 1 amide bonds. The highest BCUT2D eigenvalue weighted by Crippen LogP contribution is 2.21. The number of rotatable bonds is 5. The van der Waals surface area contributed by atoms with E-state index in [1.54, 1.807) is 18.3 Å². The second-order valence-electron chi connectivity index (χ2n) is 6.91. The normalized spacial score (nSPS) is 15.2. The van der Waals surface area contributed by atoms with E-state index in [2.05, 4.69) is 10.5 Å². The summed E-state index contributed by atoms with van der Waals surface area (Å²) in [6.45, 7) is 1.04. The minimum absolute atomic E-state index is 0.130. The number of nitrogens with one attached hydrogen (secondary N) is 1. The fraction of sp³-hybridized carbons (Fsp3) is 0.182. The van der Waals surface area contributed by atoms with Crippen molar-refractivity contribution in [2.75, 3.05) is 13.1 Å². The van der Waals surface area contributed by atoms with Crippen LogP contribution in [0, 0.1) is 0 Å². The summed E-state index contributed by atoms with van der Waals surface area (Å²) in [5, 5.41) is 6.17. The van der Waals surface area contributed by atoms with E-state index in [-0.39, 0.29) is 10.5 Å². The molecule has 6 nitrogen and oxygen atoms in total. The molecule has 1 saturated heterocycles. The number of nitrogens with zero attached hydrogens (tertiary/aromatic N) is 2. The van der Waals surface area contributed by atoms with Crippen molar-refractivity contribution in [3.8, 4) is 0 Å². The lowest BCUT2D eigenvalue weighted by Crippen LogP contribution is -2.28. The zero-order chi connectivity index (χ0) is 20.3. The Morgan fingerprint density at radius 3 is 2.52 bits per heavy atom. The average molecular weight is 407 g/mol. The molecule has 7 heteroatoms. The summed E-state index contributed by atoms with van der Waals surface area (Å²) >= 11 is 0. The van der Waals surface area contributed by atoms with Gasteiger partial charge in [0.05, 0.1) is 11.1 Å². The summed E-state index contributed by atoms with van der Waals surface area (Å²) in [5.74, 6) is -0.458. The lowest BCUT2D eigenvalue weighted by Gasteiger charge is -2.15. The van der Waals surface area contributed by atoms with Gasteiger partial charge in [-0.1, -0.05) is 48.5 Å². The van der Waals surface area contributed by atoms with Gasteiger partial charge in [0.2, 0.25) is 10.0 Å². The van der Waals surface area contributed by atoms with Crippen LogP contribution in [-0.4, -0.2) is 37.9 Å². The van der Waals surface area contributed by atoms with Gasteiger partial charge in [0, 0.05) is 24.2 Å². The van der Waals surface area contributed by atoms with Crippen LogP contribution in [0.1, 0.15) is 28.8 Å². The number of sulfonamides is 1. The van der Waals surface area contributed by atoms with Gasteiger partial charge in [0.15, 0.2) is 0 Å².